The molecule has 15 heavy (non-hydrogen) atoms. The molecule has 2 N–H and O–H groups in total. The third-order valence-electron chi connectivity index (χ3n) is 2.93. The minimum Gasteiger partial charge on any atom is -0.387 e. The van der Waals surface area contributed by atoms with Crippen LogP contribution >= 0.6 is 15.9 Å². The van der Waals surface area contributed by atoms with E-state index in [1.165, 1.54) is 5.56 Å². The molecule has 1 saturated heterocycles. The summed E-state index contributed by atoms with van der Waals surface area (Å²) in [6.45, 7) is 1.51. The number of rotatable bonds is 4. The van der Waals surface area contributed by atoms with Gasteiger partial charge in [-0.05, 0) is 37.0 Å². The van der Waals surface area contributed by atoms with E-state index in [0.29, 0.717) is 0 Å². The molecule has 0 bridgehead atoms. The number of nitrogens with one attached hydrogen (secondary N) is 1. The number of aliphatic hydroxyl groups is 1. The van der Waals surface area contributed by atoms with Crippen molar-refractivity contribution in [1.29, 1.82) is 0 Å². The fourth-order valence-corrected chi connectivity index (χ4v) is 2.13. The van der Waals surface area contributed by atoms with Gasteiger partial charge >= 0.3 is 0 Å². The molecule has 0 spiro atoms. The predicted octanol–water partition coefficient (Wildman–Crippen LogP) is 2.11. The van der Waals surface area contributed by atoms with Crippen molar-refractivity contribution in [2.45, 2.75) is 24.9 Å². The summed E-state index contributed by atoms with van der Waals surface area (Å²) in [5, 5.41) is 13.0. The first-order valence-electron chi connectivity index (χ1n) is 5.36. The van der Waals surface area contributed by atoms with E-state index in [4.69, 9.17) is 0 Å². The highest BCUT2D eigenvalue weighted by atomic mass is 79.9. The van der Waals surface area contributed by atoms with Crippen molar-refractivity contribution >= 4 is 15.9 Å². The van der Waals surface area contributed by atoms with E-state index in [2.05, 4.69) is 45.5 Å². The highest BCUT2D eigenvalue weighted by Crippen LogP contribution is 2.19. The summed E-state index contributed by atoms with van der Waals surface area (Å²) >= 11 is 3.42. The summed E-state index contributed by atoms with van der Waals surface area (Å²) < 4.78 is 1.12. The SMILES string of the molecule is OC1(CCCc2ccc(Br)cc2)CNC1. The van der Waals surface area contributed by atoms with Crippen molar-refractivity contribution in [3.8, 4) is 0 Å². The summed E-state index contributed by atoms with van der Waals surface area (Å²) in [5.41, 5.74) is 0.920. The van der Waals surface area contributed by atoms with Gasteiger partial charge < -0.3 is 10.4 Å². The topological polar surface area (TPSA) is 32.3 Å². The van der Waals surface area contributed by atoms with E-state index in [0.717, 1.165) is 36.8 Å². The first kappa shape index (κ1) is 11.1. The van der Waals surface area contributed by atoms with Gasteiger partial charge in [-0.2, -0.15) is 0 Å². The Balaban J connectivity index is 1.76. The Morgan fingerprint density at radius 3 is 2.47 bits per heavy atom. The van der Waals surface area contributed by atoms with Crippen LogP contribution in [0.4, 0.5) is 0 Å². The van der Waals surface area contributed by atoms with E-state index in [1.54, 1.807) is 0 Å². The molecule has 0 aliphatic carbocycles. The lowest BCUT2D eigenvalue weighted by Crippen LogP contribution is -2.59. The van der Waals surface area contributed by atoms with Gasteiger partial charge in [0, 0.05) is 17.6 Å². The maximum absolute atomic E-state index is 9.86. The summed E-state index contributed by atoms with van der Waals surface area (Å²) in [7, 11) is 0. The van der Waals surface area contributed by atoms with Gasteiger partial charge in [-0.1, -0.05) is 28.1 Å². The Morgan fingerprint density at radius 1 is 1.27 bits per heavy atom. The van der Waals surface area contributed by atoms with Crippen LogP contribution in [0.25, 0.3) is 0 Å². The van der Waals surface area contributed by atoms with Gasteiger partial charge in [-0.25, -0.2) is 0 Å². The maximum Gasteiger partial charge on any atom is 0.0895 e. The third-order valence-corrected chi connectivity index (χ3v) is 3.46. The quantitative estimate of drug-likeness (QED) is 0.878. The number of hydrogen-bond acceptors (Lipinski definition) is 2. The molecule has 1 fully saturated rings. The van der Waals surface area contributed by atoms with Gasteiger partial charge in [0.2, 0.25) is 0 Å². The lowest BCUT2D eigenvalue weighted by atomic mass is 9.90. The predicted molar refractivity (Wildman–Crippen MR) is 64.9 cm³/mol. The Kier molecular flexibility index (Phi) is 3.44. The minimum absolute atomic E-state index is 0.421. The van der Waals surface area contributed by atoms with Crippen LogP contribution in [0.3, 0.4) is 0 Å². The molecule has 2 nitrogen and oxygen atoms in total. The van der Waals surface area contributed by atoms with Crippen LogP contribution in [0.1, 0.15) is 18.4 Å². The zero-order valence-electron chi connectivity index (χ0n) is 8.67. The second kappa shape index (κ2) is 4.64. The Hall–Kier alpha value is -0.380. The molecule has 0 radical (unpaired) electrons. The lowest BCUT2D eigenvalue weighted by molar-refractivity contribution is -0.0185. The number of β-amino-alcohol motifs (C(OH)–C–C–N with tert-alkyl or cyclic N) is 1. The van der Waals surface area contributed by atoms with Crippen LogP contribution in [0.2, 0.25) is 0 Å². The fourth-order valence-electron chi connectivity index (χ4n) is 1.86. The normalized spacial score (nSPS) is 18.5. The molecular formula is C12H16BrNO. The summed E-state index contributed by atoms with van der Waals surface area (Å²) in [4.78, 5) is 0. The number of hydrogen-bond donors (Lipinski definition) is 2. The fraction of sp³-hybridized carbons (Fsp3) is 0.500. The highest BCUT2D eigenvalue weighted by molar-refractivity contribution is 9.10. The first-order chi connectivity index (χ1) is 7.18. The van der Waals surface area contributed by atoms with Crippen molar-refractivity contribution in [2.75, 3.05) is 13.1 Å². The maximum atomic E-state index is 9.86. The molecule has 0 aromatic heterocycles. The Labute approximate surface area is 98.8 Å². The molecule has 0 amide bonds. The number of halogens is 1. The lowest BCUT2D eigenvalue weighted by Gasteiger charge is -2.37. The summed E-state index contributed by atoms with van der Waals surface area (Å²) in [6.07, 6.45) is 3.01. The second-order valence-corrected chi connectivity index (χ2v) is 5.22. The average molecular weight is 270 g/mol. The molecular weight excluding hydrogens is 254 g/mol. The second-order valence-electron chi connectivity index (χ2n) is 4.31. The Morgan fingerprint density at radius 2 is 1.93 bits per heavy atom. The first-order valence-corrected chi connectivity index (χ1v) is 6.15. The van der Waals surface area contributed by atoms with Crippen molar-refractivity contribution in [3.05, 3.63) is 34.3 Å². The van der Waals surface area contributed by atoms with E-state index < -0.39 is 5.60 Å². The standard InChI is InChI=1S/C12H16BrNO/c13-11-5-3-10(4-6-11)2-1-7-12(15)8-14-9-12/h3-6,14-15H,1-2,7-9H2. The minimum atomic E-state index is -0.421. The van der Waals surface area contributed by atoms with Gasteiger partial charge in [0.15, 0.2) is 0 Å². The molecule has 1 aromatic rings. The Bertz CT molecular complexity index is 319. The largest absolute Gasteiger partial charge is 0.387 e. The van der Waals surface area contributed by atoms with Gasteiger partial charge in [0.25, 0.3) is 0 Å². The molecule has 2 rings (SSSR count). The third kappa shape index (κ3) is 3.03. The van der Waals surface area contributed by atoms with E-state index >= 15 is 0 Å². The van der Waals surface area contributed by atoms with Crippen LogP contribution in [-0.2, 0) is 6.42 Å². The van der Waals surface area contributed by atoms with Crippen molar-refractivity contribution in [3.63, 3.8) is 0 Å². The monoisotopic (exact) mass is 269 g/mol. The van der Waals surface area contributed by atoms with E-state index in [1.807, 2.05) is 0 Å². The van der Waals surface area contributed by atoms with Gasteiger partial charge in [-0.15, -0.1) is 0 Å². The smallest absolute Gasteiger partial charge is 0.0895 e. The van der Waals surface area contributed by atoms with Gasteiger partial charge in [-0.3, -0.25) is 0 Å². The van der Waals surface area contributed by atoms with Crippen LogP contribution < -0.4 is 5.32 Å². The molecule has 0 unspecified atom stereocenters. The molecule has 1 aromatic carbocycles. The molecule has 3 heteroatoms. The number of benzene rings is 1. The van der Waals surface area contributed by atoms with E-state index in [-0.39, 0.29) is 0 Å². The molecule has 1 aliphatic rings. The zero-order valence-corrected chi connectivity index (χ0v) is 10.3. The van der Waals surface area contributed by atoms with Gasteiger partial charge in [0.1, 0.15) is 0 Å². The van der Waals surface area contributed by atoms with Gasteiger partial charge in [0.05, 0.1) is 5.60 Å². The summed E-state index contributed by atoms with van der Waals surface area (Å²) in [6, 6.07) is 8.39. The zero-order chi connectivity index (χ0) is 10.7. The van der Waals surface area contributed by atoms with Crippen LogP contribution in [-0.4, -0.2) is 23.8 Å². The molecule has 1 aliphatic heterocycles. The van der Waals surface area contributed by atoms with Crippen LogP contribution in [0.5, 0.6) is 0 Å². The average Bonchev–Trinajstić information content (AvgIpc) is 2.19. The van der Waals surface area contributed by atoms with Crippen molar-refractivity contribution in [1.82, 2.24) is 5.32 Å². The van der Waals surface area contributed by atoms with E-state index in [9.17, 15) is 5.11 Å². The molecule has 0 atom stereocenters. The molecule has 82 valence electrons. The van der Waals surface area contributed by atoms with Crippen LogP contribution in [0, 0.1) is 0 Å². The summed E-state index contributed by atoms with van der Waals surface area (Å²) in [5.74, 6) is 0. The van der Waals surface area contributed by atoms with Crippen molar-refractivity contribution < 1.29 is 5.11 Å². The highest BCUT2D eigenvalue weighted by Gasteiger charge is 2.33. The molecule has 1 heterocycles. The van der Waals surface area contributed by atoms with Crippen LogP contribution in [0.15, 0.2) is 28.7 Å². The van der Waals surface area contributed by atoms with Crippen molar-refractivity contribution in [2.24, 2.45) is 0 Å². The number of aryl methyl sites for hydroxylation is 1. The molecule has 0 saturated carbocycles.